The molecule has 0 saturated carbocycles. The number of nitrogens with one attached hydrogen (secondary N) is 1. The number of nitrogens with zero attached hydrogens (tertiary/aromatic N) is 1. The molecule has 0 bridgehead atoms. The van der Waals surface area contributed by atoms with E-state index in [9.17, 15) is 9.18 Å². The Kier molecular flexibility index (Phi) is 5.07. The molecule has 0 fully saturated rings. The fourth-order valence-corrected chi connectivity index (χ4v) is 2.92. The van der Waals surface area contributed by atoms with Crippen molar-refractivity contribution in [3.05, 3.63) is 90.4 Å². The standard InChI is InChI=1S/C23H17FN2O3/c1-28-16-12-10-15(11-13-16)26-22(27)17-6-2-3-7-18(17)23-25-14-21(29-23)19-8-4-5-9-20(19)24/h2-14H,1H3,(H,26,27). The Morgan fingerprint density at radius 2 is 1.66 bits per heavy atom. The van der Waals surface area contributed by atoms with Crippen LogP contribution in [0.25, 0.3) is 22.8 Å². The van der Waals surface area contributed by atoms with Gasteiger partial charge in [0.2, 0.25) is 5.89 Å². The number of methoxy groups -OCH3 is 1. The number of oxazole rings is 1. The third-order valence-corrected chi connectivity index (χ3v) is 4.39. The van der Waals surface area contributed by atoms with Crippen LogP contribution in [0.3, 0.4) is 0 Å². The number of aromatic nitrogens is 1. The van der Waals surface area contributed by atoms with Crippen molar-refractivity contribution in [3.63, 3.8) is 0 Å². The first kappa shape index (κ1) is 18.4. The maximum absolute atomic E-state index is 14.0. The van der Waals surface area contributed by atoms with E-state index in [1.54, 1.807) is 73.8 Å². The summed E-state index contributed by atoms with van der Waals surface area (Å²) in [6.07, 6.45) is 1.45. The Balaban J connectivity index is 1.63. The van der Waals surface area contributed by atoms with E-state index in [1.807, 2.05) is 0 Å². The minimum Gasteiger partial charge on any atom is -0.497 e. The van der Waals surface area contributed by atoms with Crippen LogP contribution in [-0.4, -0.2) is 18.0 Å². The van der Waals surface area contributed by atoms with E-state index in [-0.39, 0.29) is 11.8 Å². The smallest absolute Gasteiger partial charge is 0.256 e. The van der Waals surface area contributed by atoms with Crippen LogP contribution in [0.1, 0.15) is 10.4 Å². The third-order valence-electron chi connectivity index (χ3n) is 4.39. The molecular weight excluding hydrogens is 371 g/mol. The van der Waals surface area contributed by atoms with Crippen molar-refractivity contribution >= 4 is 11.6 Å². The van der Waals surface area contributed by atoms with Crippen molar-refractivity contribution < 1.29 is 18.3 Å². The first-order valence-corrected chi connectivity index (χ1v) is 8.91. The molecule has 5 nitrogen and oxygen atoms in total. The summed E-state index contributed by atoms with van der Waals surface area (Å²) in [6.45, 7) is 0. The molecule has 1 amide bonds. The van der Waals surface area contributed by atoms with Gasteiger partial charge >= 0.3 is 0 Å². The molecule has 0 spiro atoms. The molecule has 0 atom stereocenters. The normalized spacial score (nSPS) is 10.6. The van der Waals surface area contributed by atoms with E-state index in [0.29, 0.717) is 33.9 Å². The summed E-state index contributed by atoms with van der Waals surface area (Å²) in [5.41, 5.74) is 1.85. The highest BCUT2D eigenvalue weighted by molar-refractivity contribution is 6.08. The summed E-state index contributed by atoms with van der Waals surface area (Å²) in [7, 11) is 1.58. The van der Waals surface area contributed by atoms with E-state index < -0.39 is 5.82 Å². The average molecular weight is 388 g/mol. The van der Waals surface area contributed by atoms with Crippen LogP contribution in [-0.2, 0) is 0 Å². The fraction of sp³-hybridized carbons (Fsp3) is 0.0435. The highest BCUT2D eigenvalue weighted by Crippen LogP contribution is 2.30. The van der Waals surface area contributed by atoms with Crippen LogP contribution >= 0.6 is 0 Å². The molecule has 0 aliphatic carbocycles. The van der Waals surface area contributed by atoms with Gasteiger partial charge in [0, 0.05) is 11.3 Å². The monoisotopic (exact) mass is 388 g/mol. The van der Waals surface area contributed by atoms with E-state index >= 15 is 0 Å². The lowest BCUT2D eigenvalue weighted by Gasteiger charge is -2.09. The van der Waals surface area contributed by atoms with Crippen LogP contribution in [0, 0.1) is 5.82 Å². The molecule has 0 radical (unpaired) electrons. The Morgan fingerprint density at radius 1 is 0.966 bits per heavy atom. The Hall–Kier alpha value is -3.93. The third kappa shape index (κ3) is 3.87. The Labute approximate surface area is 166 Å². The summed E-state index contributed by atoms with van der Waals surface area (Å²) in [5, 5.41) is 2.84. The lowest BCUT2D eigenvalue weighted by Crippen LogP contribution is -2.13. The number of ether oxygens (including phenoxy) is 1. The van der Waals surface area contributed by atoms with Crippen molar-refractivity contribution in [2.24, 2.45) is 0 Å². The summed E-state index contributed by atoms with van der Waals surface area (Å²) < 4.78 is 24.9. The molecular formula is C23H17FN2O3. The van der Waals surface area contributed by atoms with Crippen LogP contribution in [0.5, 0.6) is 5.75 Å². The minimum absolute atomic E-state index is 0.240. The molecule has 1 heterocycles. The number of hydrogen-bond donors (Lipinski definition) is 1. The zero-order valence-corrected chi connectivity index (χ0v) is 15.6. The molecule has 0 saturated heterocycles. The van der Waals surface area contributed by atoms with Crippen molar-refractivity contribution in [2.75, 3.05) is 12.4 Å². The summed E-state index contributed by atoms with van der Waals surface area (Å²) in [6, 6.07) is 20.3. The molecule has 4 rings (SSSR count). The predicted octanol–water partition coefficient (Wildman–Crippen LogP) is 5.41. The number of rotatable bonds is 5. The topological polar surface area (TPSA) is 64.4 Å². The van der Waals surface area contributed by atoms with Gasteiger partial charge in [0.05, 0.1) is 24.4 Å². The molecule has 0 aliphatic heterocycles. The molecule has 29 heavy (non-hydrogen) atoms. The SMILES string of the molecule is COc1ccc(NC(=O)c2ccccc2-c2ncc(-c3ccccc3F)o2)cc1. The van der Waals surface area contributed by atoms with E-state index in [4.69, 9.17) is 9.15 Å². The summed E-state index contributed by atoms with van der Waals surface area (Å²) in [5.74, 6) is 0.521. The van der Waals surface area contributed by atoms with Gasteiger partial charge in [-0.05, 0) is 48.5 Å². The fourth-order valence-electron chi connectivity index (χ4n) is 2.92. The quantitative estimate of drug-likeness (QED) is 0.497. The minimum atomic E-state index is -0.402. The Morgan fingerprint density at radius 3 is 2.38 bits per heavy atom. The van der Waals surface area contributed by atoms with Gasteiger partial charge in [0.25, 0.3) is 5.91 Å². The zero-order valence-electron chi connectivity index (χ0n) is 15.6. The number of anilines is 1. The maximum atomic E-state index is 14.0. The molecule has 3 aromatic carbocycles. The van der Waals surface area contributed by atoms with Crippen molar-refractivity contribution in [1.29, 1.82) is 0 Å². The first-order valence-electron chi connectivity index (χ1n) is 8.91. The molecule has 4 aromatic rings. The largest absolute Gasteiger partial charge is 0.497 e. The number of hydrogen-bond acceptors (Lipinski definition) is 4. The number of carbonyl (C=O) groups is 1. The van der Waals surface area contributed by atoms with E-state index in [2.05, 4.69) is 10.3 Å². The predicted molar refractivity (Wildman–Crippen MR) is 108 cm³/mol. The van der Waals surface area contributed by atoms with Crippen molar-refractivity contribution in [1.82, 2.24) is 4.98 Å². The van der Waals surface area contributed by atoms with Gasteiger partial charge in [-0.25, -0.2) is 9.37 Å². The van der Waals surface area contributed by atoms with Crippen LogP contribution in [0.15, 0.2) is 83.4 Å². The van der Waals surface area contributed by atoms with E-state index in [1.165, 1.54) is 12.3 Å². The van der Waals surface area contributed by atoms with Crippen molar-refractivity contribution in [3.8, 4) is 28.5 Å². The van der Waals surface area contributed by atoms with E-state index in [0.717, 1.165) is 0 Å². The van der Waals surface area contributed by atoms with Gasteiger partial charge < -0.3 is 14.5 Å². The van der Waals surface area contributed by atoms with Gasteiger partial charge in [0.15, 0.2) is 5.76 Å². The average Bonchev–Trinajstić information content (AvgIpc) is 3.24. The van der Waals surface area contributed by atoms with Gasteiger partial charge in [-0.3, -0.25) is 4.79 Å². The number of amides is 1. The van der Waals surface area contributed by atoms with Gasteiger partial charge in [0.1, 0.15) is 11.6 Å². The second-order valence-electron chi connectivity index (χ2n) is 6.24. The van der Waals surface area contributed by atoms with Crippen LogP contribution in [0.2, 0.25) is 0 Å². The highest BCUT2D eigenvalue weighted by Gasteiger charge is 2.18. The molecule has 6 heteroatoms. The lowest BCUT2D eigenvalue weighted by molar-refractivity contribution is 0.102. The number of carbonyl (C=O) groups excluding carboxylic acids is 1. The number of benzene rings is 3. The number of halogens is 1. The molecule has 1 N–H and O–H groups in total. The second kappa shape index (κ2) is 7.98. The van der Waals surface area contributed by atoms with Gasteiger partial charge in [-0.2, -0.15) is 0 Å². The molecule has 144 valence electrons. The molecule has 0 aliphatic rings. The van der Waals surface area contributed by atoms with Gasteiger partial charge in [-0.1, -0.05) is 24.3 Å². The van der Waals surface area contributed by atoms with Crippen molar-refractivity contribution in [2.45, 2.75) is 0 Å². The highest BCUT2D eigenvalue weighted by atomic mass is 19.1. The summed E-state index contributed by atoms with van der Waals surface area (Å²) in [4.78, 5) is 17.1. The lowest BCUT2D eigenvalue weighted by atomic mass is 10.1. The molecule has 1 aromatic heterocycles. The molecule has 0 unspecified atom stereocenters. The zero-order chi connectivity index (χ0) is 20.2. The Bertz CT molecular complexity index is 1150. The first-order chi connectivity index (χ1) is 14.2. The summed E-state index contributed by atoms with van der Waals surface area (Å²) >= 11 is 0. The van der Waals surface area contributed by atoms with Gasteiger partial charge in [-0.15, -0.1) is 0 Å². The van der Waals surface area contributed by atoms with Crippen LogP contribution in [0.4, 0.5) is 10.1 Å². The van der Waals surface area contributed by atoms with Crippen LogP contribution < -0.4 is 10.1 Å². The second-order valence-corrected chi connectivity index (χ2v) is 6.24. The maximum Gasteiger partial charge on any atom is 0.256 e.